The molecule has 6 nitrogen and oxygen atoms in total. The summed E-state index contributed by atoms with van der Waals surface area (Å²) >= 11 is 0. The smallest absolute Gasteiger partial charge is 0.311 e. The Hall–Kier alpha value is -3.62. The van der Waals surface area contributed by atoms with Crippen LogP contribution in [-0.4, -0.2) is 19.1 Å². The molecule has 0 bridgehead atoms. The molecule has 9 heteroatoms. The largest absolute Gasteiger partial charge is 0.422 e. The van der Waals surface area contributed by atoms with Crippen molar-refractivity contribution >= 4 is 11.2 Å². The molecule has 2 aromatic carbocycles. The zero-order valence-electron chi connectivity index (χ0n) is 14.6. The first-order valence-corrected chi connectivity index (χ1v) is 8.34. The van der Waals surface area contributed by atoms with Crippen molar-refractivity contribution in [2.45, 2.75) is 13.5 Å². The van der Waals surface area contributed by atoms with Gasteiger partial charge in [0.2, 0.25) is 0 Å². The molecule has 0 aliphatic rings. The molecule has 0 fully saturated rings. The van der Waals surface area contributed by atoms with Gasteiger partial charge in [-0.3, -0.25) is 4.79 Å². The summed E-state index contributed by atoms with van der Waals surface area (Å²) in [6.45, 7) is 2.34. The first-order chi connectivity index (χ1) is 13.5. The van der Waals surface area contributed by atoms with Gasteiger partial charge in [-0.25, -0.2) is 22.7 Å². The third kappa shape index (κ3) is 3.00. The van der Waals surface area contributed by atoms with Crippen LogP contribution < -0.4 is 10.3 Å². The molecule has 0 aliphatic heterocycles. The topological polar surface area (TPSA) is 61.9 Å². The van der Waals surface area contributed by atoms with Gasteiger partial charge in [0.25, 0.3) is 5.56 Å². The number of rotatable bonds is 4. The summed E-state index contributed by atoms with van der Waals surface area (Å²) in [5, 5.41) is 0. The van der Waals surface area contributed by atoms with E-state index in [0.717, 1.165) is 16.7 Å². The Morgan fingerprint density at radius 1 is 1.04 bits per heavy atom. The van der Waals surface area contributed by atoms with Gasteiger partial charge < -0.3 is 9.30 Å². The molecule has 0 unspecified atom stereocenters. The summed E-state index contributed by atoms with van der Waals surface area (Å²) in [5.41, 5.74) is 0.0205. The first-order valence-electron chi connectivity index (χ1n) is 8.34. The van der Waals surface area contributed by atoms with Gasteiger partial charge in [0, 0.05) is 12.6 Å². The average Bonchev–Trinajstić information content (AvgIpc) is 3.08. The first kappa shape index (κ1) is 17.8. The number of aryl methyl sites for hydroxylation is 1. The van der Waals surface area contributed by atoms with Gasteiger partial charge >= 0.3 is 6.01 Å². The lowest BCUT2D eigenvalue weighted by molar-refractivity contribution is 0.396. The second-order valence-electron chi connectivity index (χ2n) is 5.89. The molecular formula is C19H13F3N4O2. The number of nitrogens with zero attached hydrogens (tertiary/aromatic N) is 4. The number of halogens is 3. The van der Waals surface area contributed by atoms with Crippen LogP contribution in [0.25, 0.3) is 16.9 Å². The molecule has 0 atom stereocenters. The monoisotopic (exact) mass is 386 g/mol. The molecule has 4 aromatic rings. The molecule has 0 saturated carbocycles. The minimum absolute atomic E-state index is 0.0816. The van der Waals surface area contributed by atoms with Gasteiger partial charge in [-0.05, 0) is 43.3 Å². The van der Waals surface area contributed by atoms with Crippen LogP contribution in [0.3, 0.4) is 0 Å². The fourth-order valence-electron chi connectivity index (χ4n) is 2.75. The third-order valence-electron chi connectivity index (χ3n) is 4.13. The van der Waals surface area contributed by atoms with Crippen LogP contribution in [0.4, 0.5) is 13.2 Å². The van der Waals surface area contributed by atoms with Crippen molar-refractivity contribution in [3.63, 3.8) is 0 Å². The fraction of sp³-hybridized carbons (Fsp3) is 0.105. The molecule has 142 valence electrons. The van der Waals surface area contributed by atoms with Gasteiger partial charge in [-0.2, -0.15) is 4.98 Å². The molecule has 0 radical (unpaired) electrons. The highest BCUT2D eigenvalue weighted by atomic mass is 19.1. The summed E-state index contributed by atoms with van der Waals surface area (Å²) in [6, 6.07) is 7.55. The summed E-state index contributed by atoms with van der Waals surface area (Å²) in [5.74, 6) is -2.53. The molecule has 0 amide bonds. The number of hydrogen-bond donors (Lipinski definition) is 0. The van der Waals surface area contributed by atoms with Crippen molar-refractivity contribution in [3.8, 4) is 17.4 Å². The lowest BCUT2D eigenvalue weighted by Crippen LogP contribution is -2.22. The molecule has 2 heterocycles. The number of aromatic nitrogens is 4. The van der Waals surface area contributed by atoms with Crippen LogP contribution in [0, 0.1) is 17.5 Å². The Morgan fingerprint density at radius 2 is 1.75 bits per heavy atom. The summed E-state index contributed by atoms with van der Waals surface area (Å²) in [4.78, 5) is 21.4. The third-order valence-corrected chi connectivity index (χ3v) is 4.13. The highest BCUT2D eigenvalue weighted by Gasteiger charge is 2.19. The Labute approximate surface area is 156 Å². The van der Waals surface area contributed by atoms with Crippen LogP contribution in [-0.2, 0) is 6.54 Å². The summed E-state index contributed by atoms with van der Waals surface area (Å²) in [6.07, 6.45) is 1.45. The van der Waals surface area contributed by atoms with Crippen LogP contribution >= 0.6 is 0 Å². The van der Waals surface area contributed by atoms with Crippen molar-refractivity contribution in [2.75, 3.05) is 0 Å². The van der Waals surface area contributed by atoms with E-state index in [2.05, 4.69) is 9.97 Å². The second kappa shape index (κ2) is 6.84. The molecule has 0 aliphatic carbocycles. The van der Waals surface area contributed by atoms with E-state index >= 15 is 0 Å². The molecule has 2 aromatic heterocycles. The van der Waals surface area contributed by atoms with Crippen LogP contribution in [0.5, 0.6) is 11.8 Å². The standard InChI is InChI=1S/C19H13F3N4O2/c1-2-25-10-23-16-17(25)24-19(28-15-8-5-12(21)9-14(15)22)26(18(16)27)13-6-3-11(20)4-7-13/h3-10H,2H2,1H3. The molecule has 28 heavy (non-hydrogen) atoms. The predicted octanol–water partition coefficient (Wildman–Crippen LogP) is 3.81. The Bertz CT molecular complexity index is 1230. The number of hydrogen-bond acceptors (Lipinski definition) is 4. The van der Waals surface area contributed by atoms with Gasteiger partial charge in [-0.15, -0.1) is 0 Å². The molecular weight excluding hydrogens is 373 g/mol. The Kier molecular flexibility index (Phi) is 4.34. The second-order valence-corrected chi connectivity index (χ2v) is 5.89. The zero-order valence-corrected chi connectivity index (χ0v) is 14.6. The molecule has 4 rings (SSSR count). The lowest BCUT2D eigenvalue weighted by Gasteiger charge is -2.13. The van der Waals surface area contributed by atoms with Crippen molar-refractivity contribution in [2.24, 2.45) is 0 Å². The zero-order chi connectivity index (χ0) is 19.8. The van der Waals surface area contributed by atoms with Crippen molar-refractivity contribution in [1.82, 2.24) is 19.1 Å². The van der Waals surface area contributed by atoms with Crippen molar-refractivity contribution in [1.29, 1.82) is 0 Å². The van der Waals surface area contributed by atoms with Crippen LogP contribution in [0.1, 0.15) is 6.92 Å². The highest BCUT2D eigenvalue weighted by Crippen LogP contribution is 2.26. The van der Waals surface area contributed by atoms with E-state index in [-0.39, 0.29) is 28.6 Å². The van der Waals surface area contributed by atoms with E-state index < -0.39 is 23.0 Å². The van der Waals surface area contributed by atoms with Gasteiger partial charge in [0.15, 0.2) is 22.7 Å². The number of benzene rings is 2. The van der Waals surface area contributed by atoms with Crippen LogP contribution in [0.15, 0.2) is 53.6 Å². The van der Waals surface area contributed by atoms with E-state index in [1.165, 1.54) is 30.6 Å². The fourth-order valence-corrected chi connectivity index (χ4v) is 2.75. The van der Waals surface area contributed by atoms with Crippen LogP contribution in [0.2, 0.25) is 0 Å². The highest BCUT2D eigenvalue weighted by molar-refractivity contribution is 5.70. The van der Waals surface area contributed by atoms with E-state index in [4.69, 9.17) is 4.74 Å². The quantitative estimate of drug-likeness (QED) is 0.535. The number of fused-ring (bicyclic) bond motifs is 1. The van der Waals surface area contributed by atoms with E-state index in [1.807, 2.05) is 6.92 Å². The maximum atomic E-state index is 14.1. The minimum atomic E-state index is -0.955. The van der Waals surface area contributed by atoms with Gasteiger partial charge in [0.1, 0.15) is 11.6 Å². The maximum Gasteiger partial charge on any atom is 0.311 e. The maximum absolute atomic E-state index is 14.1. The van der Waals surface area contributed by atoms with E-state index in [0.29, 0.717) is 12.6 Å². The number of imidazole rings is 1. The van der Waals surface area contributed by atoms with Gasteiger partial charge in [-0.1, -0.05) is 0 Å². The van der Waals surface area contributed by atoms with E-state index in [1.54, 1.807) is 4.57 Å². The lowest BCUT2D eigenvalue weighted by atomic mass is 10.3. The molecule has 0 N–H and O–H groups in total. The average molecular weight is 386 g/mol. The molecule has 0 spiro atoms. The SMILES string of the molecule is CCn1cnc2c(=O)n(-c3ccc(F)cc3)c(Oc3ccc(F)cc3F)nc21. The Morgan fingerprint density at radius 3 is 2.43 bits per heavy atom. The minimum Gasteiger partial charge on any atom is -0.422 e. The molecule has 0 saturated heterocycles. The summed E-state index contributed by atoms with van der Waals surface area (Å²) < 4.78 is 48.8. The predicted molar refractivity (Wildman–Crippen MR) is 95.2 cm³/mol. The van der Waals surface area contributed by atoms with Crippen molar-refractivity contribution in [3.05, 3.63) is 76.6 Å². The van der Waals surface area contributed by atoms with Gasteiger partial charge in [0.05, 0.1) is 12.0 Å². The van der Waals surface area contributed by atoms with Crippen molar-refractivity contribution < 1.29 is 17.9 Å². The normalized spacial score (nSPS) is 11.1. The Balaban J connectivity index is 1.97. The summed E-state index contributed by atoms with van der Waals surface area (Å²) in [7, 11) is 0. The van der Waals surface area contributed by atoms with E-state index in [9.17, 15) is 18.0 Å². The number of ether oxygens (including phenoxy) is 1.